The van der Waals surface area contributed by atoms with E-state index in [1.807, 2.05) is 36.4 Å². The molecule has 10 heteroatoms. The molecule has 2 aromatic rings. The number of piperazine rings is 1. The molecular weight excluding hydrogens is 391 g/mol. The number of aliphatic carboxylic acids is 1. The lowest BCUT2D eigenvalue weighted by Gasteiger charge is -2.28. The molecule has 2 heterocycles. The lowest BCUT2D eigenvalue weighted by molar-refractivity contribution is -0.192. The molecular formula is C19H20F3N3O4. The third-order valence-corrected chi connectivity index (χ3v) is 3.88. The Morgan fingerprint density at radius 3 is 2.24 bits per heavy atom. The number of hydrogen-bond acceptors (Lipinski definition) is 6. The summed E-state index contributed by atoms with van der Waals surface area (Å²) in [5.74, 6) is -2.20. The number of alkyl halides is 3. The van der Waals surface area contributed by atoms with Gasteiger partial charge in [0.25, 0.3) is 0 Å². The number of halogens is 3. The van der Waals surface area contributed by atoms with Crippen molar-refractivity contribution < 1.29 is 32.6 Å². The maximum absolute atomic E-state index is 12.0. The summed E-state index contributed by atoms with van der Waals surface area (Å²) in [5, 5.41) is 10.4. The number of ether oxygens (including phenoxy) is 1. The van der Waals surface area contributed by atoms with Crippen LogP contribution in [0.5, 0.6) is 0 Å². The summed E-state index contributed by atoms with van der Waals surface area (Å²) in [4.78, 5) is 27.5. The van der Waals surface area contributed by atoms with E-state index in [0.29, 0.717) is 5.56 Å². The Bertz CT molecular complexity index is 793. The van der Waals surface area contributed by atoms with Crippen LogP contribution in [0.1, 0.15) is 15.9 Å². The van der Waals surface area contributed by atoms with Gasteiger partial charge in [-0.05, 0) is 17.7 Å². The highest BCUT2D eigenvalue weighted by Gasteiger charge is 2.38. The lowest BCUT2D eigenvalue weighted by atomic mass is 10.2. The zero-order valence-electron chi connectivity index (χ0n) is 15.4. The Balaban J connectivity index is 0.000000370. The second kappa shape index (κ2) is 10.4. The summed E-state index contributed by atoms with van der Waals surface area (Å²) < 4.78 is 37.0. The van der Waals surface area contributed by atoms with Crippen molar-refractivity contribution in [1.29, 1.82) is 0 Å². The first-order valence-corrected chi connectivity index (χ1v) is 8.70. The van der Waals surface area contributed by atoms with E-state index in [9.17, 15) is 18.0 Å². The zero-order valence-corrected chi connectivity index (χ0v) is 15.4. The van der Waals surface area contributed by atoms with Crippen molar-refractivity contribution in [2.75, 3.05) is 31.1 Å². The van der Waals surface area contributed by atoms with Crippen molar-refractivity contribution in [3.8, 4) is 0 Å². The Kier molecular flexibility index (Phi) is 7.96. The number of nitrogens with zero attached hydrogens (tertiary/aromatic N) is 2. The highest BCUT2D eigenvalue weighted by atomic mass is 19.4. The number of pyridine rings is 1. The first-order chi connectivity index (χ1) is 13.8. The molecule has 2 N–H and O–H groups in total. The van der Waals surface area contributed by atoms with Crippen molar-refractivity contribution in [1.82, 2.24) is 10.3 Å². The average Bonchev–Trinajstić information content (AvgIpc) is 2.73. The minimum absolute atomic E-state index is 0.277. The molecule has 1 aromatic heterocycles. The number of carbonyl (C=O) groups is 2. The molecule has 0 atom stereocenters. The van der Waals surface area contributed by atoms with Crippen LogP contribution in [-0.2, 0) is 16.1 Å². The molecule has 0 bridgehead atoms. The van der Waals surface area contributed by atoms with Crippen LogP contribution in [0, 0.1) is 0 Å². The fourth-order valence-electron chi connectivity index (χ4n) is 2.39. The van der Waals surface area contributed by atoms with Crippen LogP contribution in [-0.4, -0.2) is 54.4 Å². The molecule has 156 valence electrons. The number of hydrogen-bond donors (Lipinski definition) is 2. The highest BCUT2D eigenvalue weighted by molar-refractivity contribution is 5.89. The van der Waals surface area contributed by atoms with E-state index < -0.39 is 12.1 Å². The van der Waals surface area contributed by atoms with E-state index in [2.05, 4.69) is 15.2 Å². The molecule has 1 aromatic carbocycles. The van der Waals surface area contributed by atoms with E-state index in [1.54, 1.807) is 12.3 Å². The lowest BCUT2D eigenvalue weighted by Crippen LogP contribution is -2.43. The third kappa shape index (κ3) is 7.41. The largest absolute Gasteiger partial charge is 0.490 e. The predicted molar refractivity (Wildman–Crippen MR) is 98.6 cm³/mol. The number of rotatable bonds is 4. The van der Waals surface area contributed by atoms with Crippen molar-refractivity contribution in [2.24, 2.45) is 0 Å². The maximum atomic E-state index is 12.0. The van der Waals surface area contributed by atoms with E-state index in [0.717, 1.165) is 37.6 Å². The molecule has 1 aliphatic heterocycles. The Hall–Kier alpha value is -3.14. The van der Waals surface area contributed by atoms with Crippen LogP contribution in [0.2, 0.25) is 0 Å². The van der Waals surface area contributed by atoms with Crippen molar-refractivity contribution in [2.45, 2.75) is 12.8 Å². The number of aromatic nitrogens is 1. The normalized spacial score (nSPS) is 13.8. The van der Waals surface area contributed by atoms with E-state index in [4.69, 9.17) is 14.6 Å². The standard InChI is InChI=1S/C17H19N3O2.C2HF3O2/c21-17(22-13-14-4-2-1-3-5-14)15-6-7-16(19-12-15)20-10-8-18-9-11-20;3-2(4,5)1(6)7/h1-7,12,18H,8-11,13H2;(H,6,7). The number of anilines is 1. The smallest absolute Gasteiger partial charge is 0.475 e. The monoisotopic (exact) mass is 411 g/mol. The summed E-state index contributed by atoms with van der Waals surface area (Å²) in [5.41, 5.74) is 1.45. The molecule has 0 saturated carbocycles. The van der Waals surface area contributed by atoms with Gasteiger partial charge in [-0.25, -0.2) is 14.6 Å². The van der Waals surface area contributed by atoms with Gasteiger partial charge in [0.1, 0.15) is 12.4 Å². The molecule has 3 rings (SSSR count). The van der Waals surface area contributed by atoms with Crippen LogP contribution in [0.3, 0.4) is 0 Å². The van der Waals surface area contributed by atoms with E-state index in [1.165, 1.54) is 0 Å². The number of esters is 1. The van der Waals surface area contributed by atoms with Gasteiger partial charge in [0, 0.05) is 32.4 Å². The molecule has 7 nitrogen and oxygen atoms in total. The molecule has 1 aliphatic rings. The van der Waals surface area contributed by atoms with Crippen LogP contribution < -0.4 is 10.2 Å². The number of carbonyl (C=O) groups excluding carboxylic acids is 1. The summed E-state index contributed by atoms with van der Waals surface area (Å²) in [7, 11) is 0. The van der Waals surface area contributed by atoms with Gasteiger partial charge in [-0.15, -0.1) is 0 Å². The SMILES string of the molecule is O=C(O)C(F)(F)F.O=C(OCc1ccccc1)c1ccc(N2CCNCC2)nc1. The number of carboxylic acid groups (broad SMARTS) is 1. The van der Waals surface area contributed by atoms with Gasteiger partial charge >= 0.3 is 18.1 Å². The molecule has 0 amide bonds. The summed E-state index contributed by atoms with van der Waals surface area (Å²) in [6.45, 7) is 4.07. The highest BCUT2D eigenvalue weighted by Crippen LogP contribution is 2.14. The first kappa shape index (κ1) is 22.2. The molecule has 29 heavy (non-hydrogen) atoms. The minimum Gasteiger partial charge on any atom is -0.475 e. The molecule has 0 radical (unpaired) electrons. The number of nitrogens with one attached hydrogen (secondary N) is 1. The first-order valence-electron chi connectivity index (χ1n) is 8.70. The Labute approximate surface area is 165 Å². The average molecular weight is 411 g/mol. The van der Waals surface area contributed by atoms with Gasteiger partial charge in [-0.2, -0.15) is 13.2 Å². The second-order valence-electron chi connectivity index (χ2n) is 6.01. The Morgan fingerprint density at radius 2 is 1.72 bits per heavy atom. The summed E-state index contributed by atoms with van der Waals surface area (Å²) in [6, 6.07) is 13.3. The number of benzene rings is 1. The maximum Gasteiger partial charge on any atom is 0.490 e. The molecule has 0 aliphatic carbocycles. The van der Waals surface area contributed by atoms with Gasteiger partial charge in [0.2, 0.25) is 0 Å². The quantitative estimate of drug-likeness (QED) is 0.747. The zero-order chi connectivity index (χ0) is 21.3. The fourth-order valence-corrected chi connectivity index (χ4v) is 2.39. The van der Waals surface area contributed by atoms with Gasteiger partial charge < -0.3 is 20.1 Å². The molecule has 0 unspecified atom stereocenters. The van der Waals surface area contributed by atoms with Gasteiger partial charge in [0.05, 0.1) is 5.56 Å². The minimum atomic E-state index is -5.08. The summed E-state index contributed by atoms with van der Waals surface area (Å²) in [6.07, 6.45) is -3.50. The van der Waals surface area contributed by atoms with Crippen molar-refractivity contribution >= 4 is 17.8 Å². The van der Waals surface area contributed by atoms with Gasteiger partial charge in [-0.1, -0.05) is 30.3 Å². The predicted octanol–water partition coefficient (Wildman–Crippen LogP) is 2.48. The third-order valence-electron chi connectivity index (χ3n) is 3.88. The van der Waals surface area contributed by atoms with Gasteiger partial charge in [-0.3, -0.25) is 0 Å². The van der Waals surface area contributed by atoms with Crippen LogP contribution in [0.15, 0.2) is 48.7 Å². The number of carboxylic acids is 1. The van der Waals surface area contributed by atoms with Crippen LogP contribution in [0.25, 0.3) is 0 Å². The molecule has 1 fully saturated rings. The van der Waals surface area contributed by atoms with E-state index >= 15 is 0 Å². The van der Waals surface area contributed by atoms with Crippen molar-refractivity contribution in [3.05, 3.63) is 59.8 Å². The summed E-state index contributed by atoms with van der Waals surface area (Å²) >= 11 is 0. The Morgan fingerprint density at radius 1 is 1.10 bits per heavy atom. The van der Waals surface area contributed by atoms with Crippen molar-refractivity contribution in [3.63, 3.8) is 0 Å². The molecule has 1 saturated heterocycles. The van der Waals surface area contributed by atoms with Crippen LogP contribution >= 0.6 is 0 Å². The van der Waals surface area contributed by atoms with E-state index in [-0.39, 0.29) is 12.6 Å². The second-order valence-corrected chi connectivity index (χ2v) is 6.01. The van der Waals surface area contributed by atoms with Crippen LogP contribution in [0.4, 0.5) is 19.0 Å². The fraction of sp³-hybridized carbons (Fsp3) is 0.316. The van der Waals surface area contributed by atoms with Gasteiger partial charge in [0.15, 0.2) is 0 Å². The molecule has 0 spiro atoms. The topological polar surface area (TPSA) is 91.8 Å².